The Morgan fingerprint density at radius 1 is 0.417 bits per heavy atom. The Morgan fingerprint density at radius 3 is 0.889 bits per heavy atom. The molecule has 3 rings (SSSR count). The molecule has 0 aliphatic heterocycles. The van der Waals surface area contributed by atoms with Gasteiger partial charge in [-0.1, -0.05) is 0 Å². The van der Waals surface area contributed by atoms with Gasteiger partial charge in [-0.15, -0.1) is 0 Å². The molecule has 1 heteroatoms. The standard InChI is InChI=1S/C35H51P/c1-5-9-28-36(29-10-6-2,30-11-7-3,31-12-8-4)35(32-22-16-13-17-23-32,33-24-18-14-19-25-33)34-26-20-15-21-27-34/h13-27H,5-12,28-31H2,1-4H3. The van der Waals surface area contributed by atoms with Crippen molar-refractivity contribution in [2.45, 2.75) is 84.2 Å². The molecular weight excluding hydrogens is 451 g/mol. The molecule has 0 aliphatic carbocycles. The summed E-state index contributed by atoms with van der Waals surface area (Å²) in [5.74, 6) is 0. The van der Waals surface area contributed by atoms with Crippen molar-refractivity contribution in [2.75, 3.05) is 24.6 Å². The fourth-order valence-corrected chi connectivity index (χ4v) is 17.2. The monoisotopic (exact) mass is 502 g/mol. The van der Waals surface area contributed by atoms with Gasteiger partial charge in [-0.25, -0.2) is 0 Å². The van der Waals surface area contributed by atoms with Gasteiger partial charge >= 0.3 is 223 Å². The molecule has 0 unspecified atom stereocenters. The molecule has 196 valence electrons. The SMILES string of the molecule is CCCCP(CCCC)(CCCC)(CCCC)C(c1ccccc1)(c1ccccc1)c1ccccc1. The molecule has 0 bridgehead atoms. The Hall–Kier alpha value is -1.91. The van der Waals surface area contributed by atoms with Crippen molar-refractivity contribution in [2.24, 2.45) is 0 Å². The topological polar surface area (TPSA) is 0 Å². The minimum atomic E-state index is -2.46. The van der Waals surface area contributed by atoms with Crippen LogP contribution in [0.2, 0.25) is 0 Å². The fourth-order valence-electron chi connectivity index (χ4n) is 7.27. The van der Waals surface area contributed by atoms with Crippen molar-refractivity contribution in [3.63, 3.8) is 0 Å². The zero-order valence-electron chi connectivity index (χ0n) is 23.6. The van der Waals surface area contributed by atoms with E-state index in [9.17, 15) is 0 Å². The van der Waals surface area contributed by atoms with Gasteiger partial charge in [-0.2, -0.15) is 0 Å². The van der Waals surface area contributed by atoms with Gasteiger partial charge in [0.05, 0.1) is 0 Å². The molecule has 0 amide bonds. The van der Waals surface area contributed by atoms with Crippen LogP contribution in [-0.4, -0.2) is 24.6 Å². The van der Waals surface area contributed by atoms with Crippen LogP contribution >= 0.6 is 6.60 Å². The summed E-state index contributed by atoms with van der Waals surface area (Å²) in [6.45, 7) is 7.15. The van der Waals surface area contributed by atoms with Crippen LogP contribution < -0.4 is 0 Å². The van der Waals surface area contributed by atoms with Crippen molar-refractivity contribution in [3.05, 3.63) is 108 Å². The molecular formula is C35H51P. The third-order valence-electron chi connectivity index (χ3n) is 8.91. The zero-order valence-corrected chi connectivity index (χ0v) is 24.5. The van der Waals surface area contributed by atoms with Gasteiger partial charge in [0, 0.05) is 0 Å². The quantitative estimate of drug-likeness (QED) is 0.135. The van der Waals surface area contributed by atoms with E-state index < -0.39 is 6.60 Å². The van der Waals surface area contributed by atoms with E-state index in [2.05, 4.69) is 119 Å². The van der Waals surface area contributed by atoms with E-state index in [0.717, 1.165) is 0 Å². The van der Waals surface area contributed by atoms with Gasteiger partial charge in [-0.05, 0) is 0 Å². The number of hydrogen-bond acceptors (Lipinski definition) is 0. The molecule has 3 aromatic carbocycles. The van der Waals surface area contributed by atoms with Gasteiger partial charge < -0.3 is 0 Å². The Labute approximate surface area is 222 Å². The van der Waals surface area contributed by atoms with Crippen molar-refractivity contribution in [1.29, 1.82) is 0 Å². The molecule has 0 aromatic heterocycles. The number of rotatable bonds is 16. The first-order chi connectivity index (χ1) is 17.6. The first kappa shape index (κ1) is 28.7. The summed E-state index contributed by atoms with van der Waals surface area (Å²) in [5.41, 5.74) is 4.58. The first-order valence-corrected chi connectivity index (χ1v) is 17.8. The number of hydrogen-bond donors (Lipinski definition) is 0. The van der Waals surface area contributed by atoms with Crippen molar-refractivity contribution in [1.82, 2.24) is 0 Å². The van der Waals surface area contributed by atoms with Gasteiger partial charge in [0.15, 0.2) is 0 Å². The Kier molecular flexibility index (Phi) is 10.8. The van der Waals surface area contributed by atoms with E-state index in [1.165, 1.54) is 92.7 Å². The molecule has 0 saturated heterocycles. The summed E-state index contributed by atoms with van der Waals surface area (Å²) in [4.78, 5) is 0. The number of benzene rings is 3. The summed E-state index contributed by atoms with van der Waals surface area (Å²) in [7, 11) is 0. The summed E-state index contributed by atoms with van der Waals surface area (Å²) in [6, 6.07) is 35.2. The molecule has 0 nitrogen and oxygen atoms in total. The molecule has 0 fully saturated rings. The van der Waals surface area contributed by atoms with E-state index in [-0.39, 0.29) is 5.16 Å². The molecule has 36 heavy (non-hydrogen) atoms. The molecule has 3 aromatic rings. The zero-order chi connectivity index (χ0) is 25.8. The van der Waals surface area contributed by atoms with Crippen LogP contribution in [0.5, 0.6) is 0 Å². The van der Waals surface area contributed by atoms with Gasteiger partial charge in [-0.3, -0.25) is 0 Å². The van der Waals surface area contributed by atoms with Crippen LogP contribution in [0.25, 0.3) is 0 Å². The summed E-state index contributed by atoms with van der Waals surface area (Å²) in [5, 5.41) is -0.0793. The van der Waals surface area contributed by atoms with E-state index in [4.69, 9.17) is 0 Å². The summed E-state index contributed by atoms with van der Waals surface area (Å²) >= 11 is 0. The van der Waals surface area contributed by atoms with Crippen LogP contribution in [0.4, 0.5) is 0 Å². The average Bonchev–Trinajstić information content (AvgIpc) is 2.95. The van der Waals surface area contributed by atoms with Crippen molar-refractivity contribution >= 4 is 6.60 Å². The van der Waals surface area contributed by atoms with E-state index in [0.29, 0.717) is 0 Å². The van der Waals surface area contributed by atoms with E-state index in [1.54, 1.807) is 0 Å². The normalized spacial score (nSPS) is 13.3. The molecule has 0 radical (unpaired) electrons. The Bertz CT molecular complexity index is 852. The number of unbranched alkanes of at least 4 members (excludes halogenated alkanes) is 4. The van der Waals surface area contributed by atoms with Crippen molar-refractivity contribution < 1.29 is 0 Å². The van der Waals surface area contributed by atoms with Crippen LogP contribution in [0.1, 0.15) is 95.8 Å². The molecule has 0 aliphatic rings. The predicted molar refractivity (Wildman–Crippen MR) is 165 cm³/mol. The third kappa shape index (κ3) is 5.36. The van der Waals surface area contributed by atoms with Crippen LogP contribution in [0.3, 0.4) is 0 Å². The maximum absolute atomic E-state index is 2.47. The Morgan fingerprint density at radius 2 is 0.667 bits per heavy atom. The van der Waals surface area contributed by atoms with Gasteiger partial charge in [0.1, 0.15) is 0 Å². The second-order valence-electron chi connectivity index (χ2n) is 11.1. The van der Waals surface area contributed by atoms with Gasteiger partial charge in [0.2, 0.25) is 0 Å². The molecule has 0 heterocycles. The van der Waals surface area contributed by atoms with Crippen LogP contribution in [-0.2, 0) is 5.16 Å². The van der Waals surface area contributed by atoms with E-state index in [1.807, 2.05) is 0 Å². The van der Waals surface area contributed by atoms with Crippen LogP contribution in [0, 0.1) is 0 Å². The van der Waals surface area contributed by atoms with Crippen LogP contribution in [0.15, 0.2) is 91.0 Å². The van der Waals surface area contributed by atoms with E-state index >= 15 is 0 Å². The average molecular weight is 503 g/mol. The predicted octanol–water partition coefficient (Wildman–Crippen LogP) is 10.7. The third-order valence-corrected chi connectivity index (χ3v) is 17.5. The Balaban J connectivity index is 2.60. The maximum atomic E-state index is 2.47. The van der Waals surface area contributed by atoms with Gasteiger partial charge in [0.25, 0.3) is 0 Å². The summed E-state index contributed by atoms with van der Waals surface area (Å²) in [6.07, 6.45) is 16.1. The molecule has 0 N–H and O–H groups in total. The second kappa shape index (κ2) is 13.6. The van der Waals surface area contributed by atoms with Crippen molar-refractivity contribution in [3.8, 4) is 0 Å². The molecule has 0 atom stereocenters. The first-order valence-electron chi connectivity index (χ1n) is 14.8. The molecule has 0 spiro atoms. The molecule has 0 saturated carbocycles. The second-order valence-corrected chi connectivity index (χ2v) is 17.5. The fraction of sp³-hybridized carbons (Fsp3) is 0.486. The minimum absolute atomic E-state index is 0.0793. The summed E-state index contributed by atoms with van der Waals surface area (Å²) < 4.78 is 0.